The van der Waals surface area contributed by atoms with Crippen molar-refractivity contribution in [3.63, 3.8) is 0 Å². The van der Waals surface area contributed by atoms with Gasteiger partial charge in [-0.1, -0.05) is 45.4 Å². The highest BCUT2D eigenvalue weighted by atomic mass is 79.9. The standard InChI is InChI=1S/C15H15BrN2O2/c1-11-10-14(20-17-11)15(19)18(2)9-3-4-12-5-7-13(16)8-6-12/h3-8,10H,9H2,1-2H3/b4-3+. The van der Waals surface area contributed by atoms with Gasteiger partial charge in [-0.25, -0.2) is 0 Å². The molecule has 0 saturated carbocycles. The van der Waals surface area contributed by atoms with Gasteiger partial charge in [0.15, 0.2) is 0 Å². The molecule has 1 amide bonds. The van der Waals surface area contributed by atoms with E-state index in [2.05, 4.69) is 21.1 Å². The lowest BCUT2D eigenvalue weighted by Gasteiger charge is -2.12. The van der Waals surface area contributed by atoms with Crippen molar-refractivity contribution in [2.45, 2.75) is 6.92 Å². The molecule has 20 heavy (non-hydrogen) atoms. The van der Waals surface area contributed by atoms with Crippen molar-refractivity contribution in [1.29, 1.82) is 0 Å². The van der Waals surface area contributed by atoms with Crippen molar-refractivity contribution in [1.82, 2.24) is 10.1 Å². The molecule has 0 fully saturated rings. The summed E-state index contributed by atoms with van der Waals surface area (Å²) < 4.78 is 6.00. The SMILES string of the molecule is Cc1cc(C(=O)N(C)C/C=C/c2ccc(Br)cc2)on1. The van der Waals surface area contributed by atoms with E-state index in [-0.39, 0.29) is 11.7 Å². The number of benzene rings is 1. The predicted octanol–water partition coefficient (Wildman–Crippen LogP) is 3.53. The molecule has 0 bridgehead atoms. The van der Waals surface area contributed by atoms with E-state index in [1.54, 1.807) is 24.9 Å². The zero-order valence-corrected chi connectivity index (χ0v) is 12.9. The van der Waals surface area contributed by atoms with Crippen LogP contribution >= 0.6 is 15.9 Å². The van der Waals surface area contributed by atoms with Crippen molar-refractivity contribution in [2.24, 2.45) is 0 Å². The number of amides is 1. The summed E-state index contributed by atoms with van der Waals surface area (Å²) in [6.07, 6.45) is 3.91. The highest BCUT2D eigenvalue weighted by Crippen LogP contribution is 2.11. The summed E-state index contributed by atoms with van der Waals surface area (Å²) in [6, 6.07) is 9.60. The molecule has 104 valence electrons. The first-order valence-electron chi connectivity index (χ1n) is 6.17. The van der Waals surface area contributed by atoms with Gasteiger partial charge in [-0.15, -0.1) is 0 Å². The van der Waals surface area contributed by atoms with E-state index in [1.165, 1.54) is 0 Å². The molecule has 0 radical (unpaired) electrons. The minimum atomic E-state index is -0.175. The molecule has 0 saturated heterocycles. The Morgan fingerprint density at radius 2 is 2.10 bits per heavy atom. The third kappa shape index (κ3) is 3.81. The minimum Gasteiger partial charge on any atom is -0.351 e. The third-order valence-corrected chi connectivity index (χ3v) is 3.27. The van der Waals surface area contributed by atoms with Gasteiger partial charge in [0.2, 0.25) is 5.76 Å². The number of carbonyl (C=O) groups is 1. The second-order valence-corrected chi connectivity index (χ2v) is 5.39. The predicted molar refractivity (Wildman–Crippen MR) is 81.4 cm³/mol. The summed E-state index contributed by atoms with van der Waals surface area (Å²) in [7, 11) is 1.73. The van der Waals surface area contributed by atoms with Crippen molar-refractivity contribution in [3.8, 4) is 0 Å². The van der Waals surface area contributed by atoms with Crippen LogP contribution < -0.4 is 0 Å². The summed E-state index contributed by atoms with van der Waals surface area (Å²) in [5.74, 6) is 0.0908. The maximum absolute atomic E-state index is 12.0. The number of likely N-dealkylation sites (N-methyl/N-ethyl adjacent to an activating group) is 1. The fraction of sp³-hybridized carbons (Fsp3) is 0.200. The van der Waals surface area contributed by atoms with E-state index in [9.17, 15) is 4.79 Å². The molecule has 2 aromatic rings. The number of hydrogen-bond donors (Lipinski definition) is 0. The van der Waals surface area contributed by atoms with Crippen molar-refractivity contribution >= 4 is 27.9 Å². The molecule has 0 unspecified atom stereocenters. The fourth-order valence-corrected chi connectivity index (χ4v) is 1.92. The average molecular weight is 335 g/mol. The molecule has 0 aliphatic heterocycles. The van der Waals surface area contributed by atoms with Gasteiger partial charge in [0.25, 0.3) is 5.91 Å². The molecule has 0 atom stereocenters. The highest BCUT2D eigenvalue weighted by molar-refractivity contribution is 9.10. The van der Waals surface area contributed by atoms with Crippen LogP contribution in [0.3, 0.4) is 0 Å². The lowest BCUT2D eigenvalue weighted by molar-refractivity contribution is 0.0769. The second kappa shape index (κ2) is 6.52. The number of aromatic nitrogens is 1. The fourth-order valence-electron chi connectivity index (χ4n) is 1.66. The van der Waals surface area contributed by atoms with Crippen LogP contribution in [0.1, 0.15) is 21.8 Å². The number of rotatable bonds is 4. The van der Waals surface area contributed by atoms with E-state index < -0.39 is 0 Å². The van der Waals surface area contributed by atoms with Gasteiger partial charge in [0, 0.05) is 24.1 Å². The summed E-state index contributed by atoms with van der Waals surface area (Å²) in [6.45, 7) is 2.29. The van der Waals surface area contributed by atoms with E-state index in [0.717, 1.165) is 10.0 Å². The van der Waals surface area contributed by atoms with Crippen LogP contribution in [0, 0.1) is 6.92 Å². The maximum Gasteiger partial charge on any atom is 0.292 e. The monoisotopic (exact) mass is 334 g/mol. The van der Waals surface area contributed by atoms with Gasteiger partial charge in [-0.3, -0.25) is 4.79 Å². The van der Waals surface area contributed by atoms with E-state index in [1.807, 2.05) is 36.4 Å². The van der Waals surface area contributed by atoms with Gasteiger partial charge in [-0.05, 0) is 24.6 Å². The molecule has 1 aromatic heterocycles. The van der Waals surface area contributed by atoms with Crippen LogP contribution in [-0.4, -0.2) is 29.6 Å². The number of nitrogens with zero attached hydrogens (tertiary/aromatic N) is 2. The smallest absolute Gasteiger partial charge is 0.292 e. The molecule has 0 N–H and O–H groups in total. The van der Waals surface area contributed by atoms with Crippen LogP contribution in [0.25, 0.3) is 6.08 Å². The van der Waals surface area contributed by atoms with Gasteiger partial charge in [0.1, 0.15) is 0 Å². The molecule has 1 heterocycles. The second-order valence-electron chi connectivity index (χ2n) is 4.47. The zero-order chi connectivity index (χ0) is 14.5. The van der Waals surface area contributed by atoms with Crippen LogP contribution in [0.4, 0.5) is 0 Å². The summed E-state index contributed by atoms with van der Waals surface area (Å²) in [5, 5.41) is 3.71. The third-order valence-electron chi connectivity index (χ3n) is 2.75. The first-order valence-corrected chi connectivity index (χ1v) is 6.96. The quantitative estimate of drug-likeness (QED) is 0.859. The Bertz CT molecular complexity index is 617. The Labute approximate surface area is 126 Å². The van der Waals surface area contributed by atoms with Crippen LogP contribution in [0.5, 0.6) is 0 Å². The largest absolute Gasteiger partial charge is 0.351 e. The molecule has 0 aliphatic carbocycles. The van der Waals surface area contributed by atoms with Gasteiger partial charge >= 0.3 is 0 Å². The first kappa shape index (κ1) is 14.5. The number of hydrogen-bond acceptors (Lipinski definition) is 3. The zero-order valence-electron chi connectivity index (χ0n) is 11.3. The Hall–Kier alpha value is -1.88. The molecule has 0 aliphatic rings. The summed E-state index contributed by atoms with van der Waals surface area (Å²) in [4.78, 5) is 13.6. The first-order chi connectivity index (χ1) is 9.56. The summed E-state index contributed by atoms with van der Waals surface area (Å²) >= 11 is 3.39. The molecule has 2 rings (SSSR count). The van der Waals surface area contributed by atoms with Crippen molar-refractivity contribution in [2.75, 3.05) is 13.6 Å². The summed E-state index contributed by atoms with van der Waals surface area (Å²) in [5.41, 5.74) is 1.79. The topological polar surface area (TPSA) is 46.3 Å². The Kier molecular flexibility index (Phi) is 4.74. The van der Waals surface area contributed by atoms with Gasteiger partial charge in [-0.2, -0.15) is 0 Å². The van der Waals surface area contributed by atoms with E-state index in [4.69, 9.17) is 4.52 Å². The number of aryl methyl sites for hydroxylation is 1. The molecule has 5 heteroatoms. The minimum absolute atomic E-state index is 0.175. The molecular weight excluding hydrogens is 320 g/mol. The number of carbonyl (C=O) groups excluding carboxylic acids is 1. The van der Waals surface area contributed by atoms with Crippen molar-refractivity contribution in [3.05, 3.63) is 57.9 Å². The van der Waals surface area contributed by atoms with E-state index >= 15 is 0 Å². The Morgan fingerprint density at radius 3 is 2.70 bits per heavy atom. The molecule has 0 spiro atoms. The van der Waals surface area contributed by atoms with Crippen molar-refractivity contribution < 1.29 is 9.32 Å². The van der Waals surface area contributed by atoms with Crippen LogP contribution in [-0.2, 0) is 0 Å². The van der Waals surface area contributed by atoms with Crippen LogP contribution in [0.15, 0.2) is 45.4 Å². The normalized spacial score (nSPS) is 10.9. The molecule has 4 nitrogen and oxygen atoms in total. The number of halogens is 1. The van der Waals surface area contributed by atoms with Gasteiger partial charge < -0.3 is 9.42 Å². The maximum atomic E-state index is 12.0. The average Bonchev–Trinajstić information content (AvgIpc) is 2.86. The Morgan fingerprint density at radius 1 is 1.40 bits per heavy atom. The van der Waals surface area contributed by atoms with Crippen LogP contribution in [0.2, 0.25) is 0 Å². The lowest BCUT2D eigenvalue weighted by Crippen LogP contribution is -2.26. The molecular formula is C15H15BrN2O2. The van der Waals surface area contributed by atoms with E-state index in [0.29, 0.717) is 12.2 Å². The Balaban J connectivity index is 1.93. The molecule has 1 aromatic carbocycles. The van der Waals surface area contributed by atoms with Gasteiger partial charge in [0.05, 0.1) is 5.69 Å². The highest BCUT2D eigenvalue weighted by Gasteiger charge is 2.15. The lowest BCUT2D eigenvalue weighted by atomic mass is 10.2.